The van der Waals surface area contributed by atoms with Gasteiger partial charge in [-0.3, -0.25) is 0 Å². The molecule has 14 aromatic carbocycles. The van der Waals surface area contributed by atoms with Crippen molar-refractivity contribution in [2.75, 3.05) is 9.80 Å². The van der Waals surface area contributed by atoms with Crippen molar-refractivity contribution in [3.63, 3.8) is 0 Å². The van der Waals surface area contributed by atoms with Gasteiger partial charge in [-0.2, -0.15) is 0 Å². The largest absolute Gasteiger partial charge is 0.454 e. The first-order valence-corrected chi connectivity index (χ1v) is 29.9. The summed E-state index contributed by atoms with van der Waals surface area (Å²) < 4.78 is 13.5. The Morgan fingerprint density at radius 2 is 0.628 bits per heavy atom. The van der Waals surface area contributed by atoms with Gasteiger partial charge < -0.3 is 18.6 Å². The lowest BCUT2D eigenvalue weighted by Crippen LogP contribution is -2.16. The molecule has 0 amide bonds. The molecule has 408 valence electrons. The highest BCUT2D eigenvalue weighted by atomic mass is 16.3. The molecule has 4 nitrogen and oxygen atoms in total. The van der Waals surface area contributed by atoms with E-state index < -0.39 is 0 Å². The zero-order valence-electron chi connectivity index (χ0n) is 48.3. The average Bonchev–Trinajstić information content (AvgIpc) is 2.00. The molecule has 16 aromatic rings. The van der Waals surface area contributed by atoms with E-state index in [9.17, 15) is 0 Å². The maximum atomic E-state index is 6.77. The molecule has 0 radical (unpaired) electrons. The fraction of sp³-hybridized carbons (Fsp3) is 0.0732. The molecule has 0 unspecified atom stereocenters. The molecule has 2 aliphatic rings. The molecular weight excluding hydrogens is 1040 g/mol. The van der Waals surface area contributed by atoms with Crippen LogP contribution in [0.2, 0.25) is 0 Å². The topological polar surface area (TPSA) is 32.8 Å². The van der Waals surface area contributed by atoms with E-state index in [0.717, 1.165) is 67.2 Å². The molecule has 0 aliphatic heterocycles. The molecule has 0 bridgehead atoms. The van der Waals surface area contributed by atoms with Crippen LogP contribution in [-0.4, -0.2) is 0 Å². The Morgan fingerprint density at radius 3 is 1.20 bits per heavy atom. The number of anilines is 6. The van der Waals surface area contributed by atoms with Gasteiger partial charge in [-0.1, -0.05) is 240 Å². The van der Waals surface area contributed by atoms with Gasteiger partial charge in [-0.25, -0.2) is 0 Å². The van der Waals surface area contributed by atoms with Crippen LogP contribution in [0.1, 0.15) is 49.9 Å². The number of nitrogens with zero attached hydrogens (tertiary/aromatic N) is 2. The van der Waals surface area contributed by atoms with E-state index in [4.69, 9.17) is 8.83 Å². The van der Waals surface area contributed by atoms with Crippen LogP contribution in [0, 0.1) is 0 Å². The average molecular weight is 1100 g/mol. The summed E-state index contributed by atoms with van der Waals surface area (Å²) in [5.41, 5.74) is 20.7. The number of hydrogen-bond donors (Lipinski definition) is 0. The second-order valence-electron chi connectivity index (χ2n) is 24.3. The molecule has 2 aromatic heterocycles. The Labute approximate surface area is 499 Å². The highest BCUT2D eigenvalue weighted by Gasteiger charge is 2.38. The van der Waals surface area contributed by atoms with Crippen molar-refractivity contribution in [3.05, 3.63) is 301 Å². The summed E-state index contributed by atoms with van der Waals surface area (Å²) in [6.07, 6.45) is 0. The van der Waals surface area contributed by atoms with Gasteiger partial charge >= 0.3 is 0 Å². The van der Waals surface area contributed by atoms with Crippen LogP contribution >= 0.6 is 0 Å². The van der Waals surface area contributed by atoms with Crippen LogP contribution in [-0.2, 0) is 10.8 Å². The maximum Gasteiger partial charge on any atom is 0.159 e. The molecule has 0 spiro atoms. The van der Waals surface area contributed by atoms with Crippen molar-refractivity contribution in [2.45, 2.75) is 38.5 Å². The highest BCUT2D eigenvalue weighted by Crippen LogP contribution is 2.54. The van der Waals surface area contributed by atoms with E-state index in [0.29, 0.717) is 0 Å². The molecule has 0 saturated carbocycles. The summed E-state index contributed by atoms with van der Waals surface area (Å²) in [5.74, 6) is 0. The first kappa shape index (κ1) is 49.9. The molecule has 86 heavy (non-hydrogen) atoms. The van der Waals surface area contributed by atoms with Crippen molar-refractivity contribution >= 4 is 121 Å². The molecule has 0 N–H and O–H groups in total. The molecule has 2 heterocycles. The minimum atomic E-state index is -0.101. The van der Waals surface area contributed by atoms with E-state index in [1.54, 1.807) is 0 Å². The number of furan rings is 2. The van der Waals surface area contributed by atoms with Crippen LogP contribution in [0.4, 0.5) is 34.1 Å². The van der Waals surface area contributed by atoms with Crippen molar-refractivity contribution in [2.24, 2.45) is 0 Å². The zero-order chi connectivity index (χ0) is 57.4. The van der Waals surface area contributed by atoms with Crippen molar-refractivity contribution in [1.82, 2.24) is 0 Å². The zero-order valence-corrected chi connectivity index (χ0v) is 48.3. The van der Waals surface area contributed by atoms with Crippen LogP contribution in [0.25, 0.3) is 109 Å². The standard InChI is InChI=1S/2C41H29NO/c1-41(2)34-18-8-7-16-31(34)32-23-22-28(25-35(32)41)42(36-19-9-13-26-11-3-5-14-29(26)36)37-20-10-17-33-39-30-15-6-4-12-27(30)21-24-38(39)43-40(33)37;1-41(2)35-16-8-7-14-32(35)33-22-21-30(25-36(33)41)42(29-20-18-26-10-3-4-12-28(26)24-29)37-17-9-15-34-39-31-13-6-5-11-27(31)19-23-38(39)43-40(34)37/h2*3-25H,1-2H3. The second-order valence-corrected chi connectivity index (χ2v) is 24.3. The lowest BCUT2D eigenvalue weighted by atomic mass is 9.82. The van der Waals surface area contributed by atoms with Gasteiger partial charge in [0, 0.05) is 54.8 Å². The predicted molar refractivity (Wildman–Crippen MR) is 362 cm³/mol. The number of benzene rings is 14. The summed E-state index contributed by atoms with van der Waals surface area (Å²) in [7, 11) is 0. The van der Waals surface area contributed by atoms with E-state index in [1.807, 2.05) is 0 Å². The smallest absolute Gasteiger partial charge is 0.159 e. The third-order valence-corrected chi connectivity index (χ3v) is 18.9. The molecule has 0 saturated heterocycles. The summed E-state index contributed by atoms with van der Waals surface area (Å²) in [5, 5.41) is 14.3. The van der Waals surface area contributed by atoms with Gasteiger partial charge in [-0.05, 0) is 149 Å². The normalized spacial score (nSPS) is 13.5. The lowest BCUT2D eigenvalue weighted by molar-refractivity contribution is 0.660. The van der Waals surface area contributed by atoms with Crippen LogP contribution in [0.5, 0.6) is 0 Å². The Balaban J connectivity index is 0.000000134. The van der Waals surface area contributed by atoms with Crippen molar-refractivity contribution < 1.29 is 8.83 Å². The highest BCUT2D eigenvalue weighted by molar-refractivity contribution is 6.22. The molecule has 0 fully saturated rings. The third-order valence-electron chi connectivity index (χ3n) is 18.9. The summed E-state index contributed by atoms with van der Waals surface area (Å²) >= 11 is 0. The molecule has 18 rings (SSSR count). The lowest BCUT2D eigenvalue weighted by Gasteiger charge is -2.29. The summed E-state index contributed by atoms with van der Waals surface area (Å²) in [4.78, 5) is 4.77. The van der Waals surface area contributed by atoms with E-state index in [2.05, 4.69) is 317 Å². The van der Waals surface area contributed by atoms with E-state index in [-0.39, 0.29) is 10.8 Å². The van der Waals surface area contributed by atoms with Crippen LogP contribution < -0.4 is 9.80 Å². The summed E-state index contributed by atoms with van der Waals surface area (Å²) in [6.45, 7) is 9.36. The van der Waals surface area contributed by atoms with Gasteiger partial charge in [0.05, 0.1) is 17.1 Å². The quantitative estimate of drug-likeness (QED) is 0.166. The molecule has 0 atom stereocenters. The van der Waals surface area contributed by atoms with Gasteiger partial charge in [-0.15, -0.1) is 0 Å². The minimum absolute atomic E-state index is 0.0960. The number of hydrogen-bond acceptors (Lipinski definition) is 4. The first-order chi connectivity index (χ1) is 42.2. The van der Waals surface area contributed by atoms with Crippen molar-refractivity contribution in [3.8, 4) is 22.3 Å². The third kappa shape index (κ3) is 7.49. The van der Waals surface area contributed by atoms with Gasteiger partial charge in [0.25, 0.3) is 0 Å². The Bertz CT molecular complexity index is 5450. The monoisotopic (exact) mass is 1100 g/mol. The molecular formula is C82H58N2O2. The number of rotatable bonds is 6. The first-order valence-electron chi connectivity index (χ1n) is 29.9. The molecule has 4 heteroatoms. The summed E-state index contributed by atoms with van der Waals surface area (Å²) in [6, 6.07) is 101. The fourth-order valence-corrected chi connectivity index (χ4v) is 14.7. The maximum absolute atomic E-state index is 6.77. The number of para-hydroxylation sites is 2. The van der Waals surface area contributed by atoms with E-state index >= 15 is 0 Å². The number of fused-ring (bicyclic) bond motifs is 18. The van der Waals surface area contributed by atoms with Crippen LogP contribution in [0.15, 0.2) is 288 Å². The predicted octanol–water partition coefficient (Wildman–Crippen LogP) is 23.3. The Hall–Kier alpha value is -10.7. The Kier molecular flexibility index (Phi) is 11.0. The SMILES string of the molecule is CC1(C)c2ccccc2-c2ccc(N(c3ccc4ccccc4c3)c3cccc4c3oc3ccc5ccccc5c34)cc21.CC1(C)c2ccccc2-c2ccc(N(c3cccc4ccccc34)c3cccc4c3oc3ccc5ccccc5c34)cc21. The fourth-order valence-electron chi connectivity index (χ4n) is 14.7. The molecule has 2 aliphatic carbocycles. The van der Waals surface area contributed by atoms with Gasteiger partial charge in [0.2, 0.25) is 0 Å². The Morgan fingerprint density at radius 1 is 0.256 bits per heavy atom. The second kappa shape index (κ2) is 18.9. The van der Waals surface area contributed by atoms with Gasteiger partial charge in [0.1, 0.15) is 11.2 Å². The van der Waals surface area contributed by atoms with Crippen molar-refractivity contribution in [1.29, 1.82) is 0 Å². The van der Waals surface area contributed by atoms with Gasteiger partial charge in [0.15, 0.2) is 11.2 Å². The minimum Gasteiger partial charge on any atom is -0.454 e. The van der Waals surface area contributed by atoms with Crippen LogP contribution in [0.3, 0.4) is 0 Å². The van der Waals surface area contributed by atoms with E-state index in [1.165, 1.54) is 98.4 Å².